The summed E-state index contributed by atoms with van der Waals surface area (Å²) in [5, 5.41) is 6.63. The summed E-state index contributed by atoms with van der Waals surface area (Å²) < 4.78 is 1.88. The van der Waals surface area contributed by atoms with Crippen LogP contribution in [0.4, 0.5) is 5.69 Å². The van der Waals surface area contributed by atoms with E-state index in [-0.39, 0.29) is 5.56 Å². The number of rotatable bonds is 4. The Kier molecular flexibility index (Phi) is 4.48. The highest BCUT2D eigenvalue weighted by Gasteiger charge is 2.11. The maximum atomic E-state index is 12.0. The molecule has 0 radical (unpaired) electrons. The molecule has 0 saturated carbocycles. The lowest BCUT2D eigenvalue weighted by Crippen LogP contribution is -2.27. The van der Waals surface area contributed by atoms with E-state index in [9.17, 15) is 4.79 Å². The number of benzene rings is 2. The van der Waals surface area contributed by atoms with Gasteiger partial charge in [-0.15, -0.1) is 0 Å². The van der Waals surface area contributed by atoms with Crippen LogP contribution in [0.5, 0.6) is 0 Å². The van der Waals surface area contributed by atoms with Crippen LogP contribution in [-0.4, -0.2) is 23.4 Å². The molecule has 1 aromatic heterocycles. The SMILES string of the molecule is CN(CCc1cccc2ccccc12)c1cnn(C)c(=O)c1Br. The highest BCUT2D eigenvalue weighted by molar-refractivity contribution is 9.10. The molecule has 0 saturated heterocycles. The molecular weight excluding hydrogens is 354 g/mol. The first-order chi connectivity index (χ1) is 11.1. The number of anilines is 1. The van der Waals surface area contributed by atoms with E-state index in [0.717, 1.165) is 18.7 Å². The van der Waals surface area contributed by atoms with Gasteiger partial charge in [0.1, 0.15) is 4.47 Å². The average Bonchev–Trinajstić information content (AvgIpc) is 2.57. The van der Waals surface area contributed by atoms with Crippen molar-refractivity contribution in [3.63, 3.8) is 0 Å². The zero-order chi connectivity index (χ0) is 16.4. The van der Waals surface area contributed by atoms with E-state index in [1.54, 1.807) is 13.2 Å². The Labute approximate surface area is 143 Å². The van der Waals surface area contributed by atoms with Crippen molar-refractivity contribution in [1.82, 2.24) is 9.78 Å². The molecule has 2 aromatic carbocycles. The number of likely N-dealkylation sites (N-methyl/N-ethyl adjacent to an activating group) is 1. The molecule has 23 heavy (non-hydrogen) atoms. The lowest BCUT2D eigenvalue weighted by molar-refractivity contribution is 0.698. The second-order valence-corrected chi connectivity index (χ2v) is 6.38. The second kappa shape index (κ2) is 6.54. The maximum Gasteiger partial charge on any atom is 0.282 e. The van der Waals surface area contributed by atoms with Crippen molar-refractivity contribution in [3.05, 3.63) is 69.1 Å². The van der Waals surface area contributed by atoms with Crippen molar-refractivity contribution >= 4 is 32.4 Å². The van der Waals surface area contributed by atoms with Crippen molar-refractivity contribution < 1.29 is 0 Å². The van der Waals surface area contributed by atoms with Crippen LogP contribution in [0.25, 0.3) is 10.8 Å². The van der Waals surface area contributed by atoms with Crippen LogP contribution in [0.3, 0.4) is 0 Å². The van der Waals surface area contributed by atoms with E-state index in [1.165, 1.54) is 21.0 Å². The first kappa shape index (κ1) is 15.7. The van der Waals surface area contributed by atoms with Gasteiger partial charge in [0.05, 0.1) is 11.9 Å². The topological polar surface area (TPSA) is 38.1 Å². The van der Waals surface area contributed by atoms with Gasteiger partial charge in [0.25, 0.3) is 5.56 Å². The molecule has 0 unspecified atom stereocenters. The number of hydrogen-bond donors (Lipinski definition) is 0. The summed E-state index contributed by atoms with van der Waals surface area (Å²) in [4.78, 5) is 14.0. The third-order valence-corrected chi connectivity index (χ3v) is 4.81. The Bertz CT molecular complexity index is 899. The van der Waals surface area contributed by atoms with Crippen LogP contribution in [0.2, 0.25) is 0 Å². The first-order valence-electron chi connectivity index (χ1n) is 7.47. The quantitative estimate of drug-likeness (QED) is 0.705. The summed E-state index contributed by atoms with van der Waals surface area (Å²) >= 11 is 3.38. The molecule has 0 fully saturated rings. The van der Waals surface area contributed by atoms with E-state index in [0.29, 0.717) is 4.47 Å². The highest BCUT2D eigenvalue weighted by atomic mass is 79.9. The molecule has 5 heteroatoms. The molecule has 3 aromatic rings. The van der Waals surface area contributed by atoms with Gasteiger partial charge in [0, 0.05) is 20.6 Å². The molecule has 118 valence electrons. The molecule has 0 N–H and O–H groups in total. The van der Waals surface area contributed by atoms with Crippen molar-refractivity contribution in [2.24, 2.45) is 7.05 Å². The normalized spacial score (nSPS) is 10.9. The van der Waals surface area contributed by atoms with Crippen molar-refractivity contribution in [2.75, 3.05) is 18.5 Å². The van der Waals surface area contributed by atoms with Gasteiger partial charge in [-0.3, -0.25) is 4.79 Å². The number of nitrogens with zero attached hydrogens (tertiary/aromatic N) is 3. The van der Waals surface area contributed by atoms with Gasteiger partial charge in [-0.2, -0.15) is 5.10 Å². The monoisotopic (exact) mass is 371 g/mol. The fourth-order valence-corrected chi connectivity index (χ4v) is 3.35. The van der Waals surface area contributed by atoms with Gasteiger partial charge < -0.3 is 4.90 Å². The summed E-state index contributed by atoms with van der Waals surface area (Å²) in [6.07, 6.45) is 2.62. The second-order valence-electron chi connectivity index (χ2n) is 5.58. The van der Waals surface area contributed by atoms with Gasteiger partial charge in [-0.1, -0.05) is 42.5 Å². The summed E-state index contributed by atoms with van der Waals surface area (Å²) in [6.45, 7) is 0.807. The third-order valence-electron chi connectivity index (χ3n) is 4.07. The van der Waals surface area contributed by atoms with E-state index >= 15 is 0 Å². The van der Waals surface area contributed by atoms with Crippen LogP contribution in [0.15, 0.2) is 57.9 Å². The van der Waals surface area contributed by atoms with Crippen LogP contribution >= 0.6 is 15.9 Å². The average molecular weight is 372 g/mol. The van der Waals surface area contributed by atoms with Gasteiger partial charge in [-0.25, -0.2) is 4.68 Å². The molecule has 3 rings (SSSR count). The van der Waals surface area contributed by atoms with Gasteiger partial charge in [-0.05, 0) is 38.7 Å². The number of halogens is 1. The van der Waals surface area contributed by atoms with E-state index in [1.807, 2.05) is 7.05 Å². The predicted molar refractivity (Wildman–Crippen MR) is 98.1 cm³/mol. The van der Waals surface area contributed by atoms with Gasteiger partial charge in [0.2, 0.25) is 0 Å². The summed E-state index contributed by atoms with van der Waals surface area (Å²) in [5.41, 5.74) is 2.00. The van der Waals surface area contributed by atoms with Crippen molar-refractivity contribution in [3.8, 4) is 0 Å². The van der Waals surface area contributed by atoms with Crippen LogP contribution in [-0.2, 0) is 13.5 Å². The minimum Gasteiger partial charge on any atom is -0.372 e. The number of aromatic nitrogens is 2. The summed E-state index contributed by atoms with van der Waals surface area (Å²) in [6, 6.07) is 14.8. The first-order valence-corrected chi connectivity index (χ1v) is 8.27. The van der Waals surface area contributed by atoms with E-state index in [2.05, 4.69) is 68.4 Å². The van der Waals surface area contributed by atoms with E-state index < -0.39 is 0 Å². The van der Waals surface area contributed by atoms with Crippen molar-refractivity contribution in [1.29, 1.82) is 0 Å². The standard InChI is InChI=1S/C18H18BrN3O/c1-21(16-12-20-22(2)18(23)17(16)19)11-10-14-8-5-7-13-6-3-4-9-15(13)14/h3-9,12H,10-11H2,1-2H3. The molecule has 4 nitrogen and oxygen atoms in total. The van der Waals surface area contributed by atoms with Gasteiger partial charge in [0.15, 0.2) is 0 Å². The lowest BCUT2D eigenvalue weighted by Gasteiger charge is -2.20. The Balaban J connectivity index is 1.83. The fraction of sp³-hybridized carbons (Fsp3) is 0.222. The highest BCUT2D eigenvalue weighted by Crippen LogP contribution is 2.22. The minimum absolute atomic E-state index is 0.125. The Morgan fingerprint density at radius 3 is 2.74 bits per heavy atom. The molecule has 0 spiro atoms. The number of fused-ring (bicyclic) bond motifs is 1. The Morgan fingerprint density at radius 2 is 1.91 bits per heavy atom. The van der Waals surface area contributed by atoms with Crippen LogP contribution in [0.1, 0.15) is 5.56 Å². The fourth-order valence-electron chi connectivity index (χ4n) is 2.69. The number of aryl methyl sites for hydroxylation is 1. The van der Waals surface area contributed by atoms with Crippen molar-refractivity contribution in [2.45, 2.75) is 6.42 Å². The van der Waals surface area contributed by atoms with Gasteiger partial charge >= 0.3 is 0 Å². The molecule has 0 amide bonds. The Hall–Kier alpha value is -2.14. The summed E-state index contributed by atoms with van der Waals surface area (Å²) in [7, 11) is 3.62. The van der Waals surface area contributed by atoms with E-state index in [4.69, 9.17) is 0 Å². The van der Waals surface area contributed by atoms with Crippen LogP contribution in [0, 0.1) is 0 Å². The largest absolute Gasteiger partial charge is 0.372 e. The summed E-state index contributed by atoms with van der Waals surface area (Å²) in [5.74, 6) is 0. The molecule has 0 bridgehead atoms. The zero-order valence-electron chi connectivity index (χ0n) is 13.2. The van der Waals surface area contributed by atoms with Crippen LogP contribution < -0.4 is 10.5 Å². The maximum absolute atomic E-state index is 12.0. The lowest BCUT2D eigenvalue weighted by atomic mass is 10.0. The zero-order valence-corrected chi connectivity index (χ0v) is 14.7. The third kappa shape index (κ3) is 3.15. The predicted octanol–water partition coefficient (Wildman–Crippen LogP) is 3.37. The molecule has 1 heterocycles. The molecule has 0 aliphatic heterocycles. The minimum atomic E-state index is -0.125. The smallest absolute Gasteiger partial charge is 0.282 e. The Morgan fingerprint density at radius 1 is 1.17 bits per heavy atom. The molecule has 0 aliphatic carbocycles. The number of hydrogen-bond acceptors (Lipinski definition) is 3. The molecule has 0 aliphatic rings. The molecule has 0 atom stereocenters. The molecular formula is C18H18BrN3O.